The summed E-state index contributed by atoms with van der Waals surface area (Å²) in [6.45, 7) is 4.37. The summed E-state index contributed by atoms with van der Waals surface area (Å²) in [6, 6.07) is 8.69. The highest BCUT2D eigenvalue weighted by molar-refractivity contribution is 7.99. The molecule has 1 aromatic carbocycles. The summed E-state index contributed by atoms with van der Waals surface area (Å²) in [6.07, 6.45) is 1.22. The van der Waals surface area contributed by atoms with Crippen molar-refractivity contribution in [2.45, 2.75) is 25.2 Å². The second kappa shape index (κ2) is 6.41. The molecule has 0 aliphatic carbocycles. The zero-order valence-electron chi connectivity index (χ0n) is 8.86. The fourth-order valence-electron chi connectivity index (χ4n) is 1.22. The molecule has 0 spiro atoms. The second-order valence-electron chi connectivity index (χ2n) is 3.58. The summed E-state index contributed by atoms with van der Waals surface area (Å²) in [5.74, 6) is 2.92. The molecule has 2 heteroatoms. The van der Waals surface area contributed by atoms with Gasteiger partial charge >= 0.3 is 0 Å². The van der Waals surface area contributed by atoms with E-state index >= 15 is 0 Å². The molecule has 1 aromatic rings. The van der Waals surface area contributed by atoms with Crippen molar-refractivity contribution < 1.29 is 0 Å². The van der Waals surface area contributed by atoms with Crippen LogP contribution in [0, 0.1) is 12.8 Å². The molecule has 0 heterocycles. The Morgan fingerprint density at radius 2 is 2.21 bits per heavy atom. The summed E-state index contributed by atoms with van der Waals surface area (Å²) in [5, 5.41) is 0. The first-order chi connectivity index (χ1) is 6.76. The van der Waals surface area contributed by atoms with E-state index in [1.165, 1.54) is 22.6 Å². The maximum absolute atomic E-state index is 4.35. The van der Waals surface area contributed by atoms with E-state index in [0.717, 1.165) is 11.7 Å². The molecule has 0 saturated carbocycles. The predicted molar refractivity (Wildman–Crippen MR) is 69.5 cm³/mol. The Morgan fingerprint density at radius 3 is 2.79 bits per heavy atom. The van der Waals surface area contributed by atoms with Crippen molar-refractivity contribution in [1.29, 1.82) is 0 Å². The van der Waals surface area contributed by atoms with Gasteiger partial charge in [0, 0.05) is 10.6 Å². The van der Waals surface area contributed by atoms with Crippen molar-refractivity contribution in [2.75, 3.05) is 11.5 Å². The molecule has 0 aliphatic rings. The molecule has 1 unspecified atom stereocenters. The van der Waals surface area contributed by atoms with Gasteiger partial charge in [0.05, 0.1) is 0 Å². The first kappa shape index (κ1) is 12.0. The van der Waals surface area contributed by atoms with Gasteiger partial charge in [0.1, 0.15) is 0 Å². The van der Waals surface area contributed by atoms with Gasteiger partial charge in [-0.3, -0.25) is 0 Å². The van der Waals surface area contributed by atoms with E-state index in [1.807, 2.05) is 11.8 Å². The van der Waals surface area contributed by atoms with Gasteiger partial charge in [-0.25, -0.2) is 0 Å². The maximum Gasteiger partial charge on any atom is 0.00746 e. The van der Waals surface area contributed by atoms with E-state index < -0.39 is 0 Å². The normalized spacial score (nSPS) is 12.8. The molecule has 0 N–H and O–H groups in total. The molecule has 0 bridgehead atoms. The number of hydrogen-bond acceptors (Lipinski definition) is 2. The third-order valence-electron chi connectivity index (χ3n) is 2.31. The van der Waals surface area contributed by atoms with Gasteiger partial charge in [-0.05, 0) is 30.7 Å². The van der Waals surface area contributed by atoms with Crippen LogP contribution >= 0.6 is 24.4 Å². The molecule has 14 heavy (non-hydrogen) atoms. The van der Waals surface area contributed by atoms with E-state index in [0.29, 0.717) is 0 Å². The topological polar surface area (TPSA) is 0 Å². The molecule has 1 atom stereocenters. The van der Waals surface area contributed by atoms with Gasteiger partial charge in [-0.15, -0.1) is 11.8 Å². The fraction of sp³-hybridized carbons (Fsp3) is 0.500. The Balaban J connectivity index is 2.44. The average molecular weight is 226 g/mol. The lowest BCUT2D eigenvalue weighted by molar-refractivity contribution is 0.649. The van der Waals surface area contributed by atoms with Crippen LogP contribution in [0.2, 0.25) is 0 Å². The molecule has 0 saturated heterocycles. The van der Waals surface area contributed by atoms with Crippen LogP contribution in [0.4, 0.5) is 0 Å². The summed E-state index contributed by atoms with van der Waals surface area (Å²) in [7, 11) is 0. The first-order valence-electron chi connectivity index (χ1n) is 5.06. The SMILES string of the molecule is CCC(CS)CSc1cccc(C)c1. The van der Waals surface area contributed by atoms with Crippen molar-refractivity contribution in [2.24, 2.45) is 5.92 Å². The quantitative estimate of drug-likeness (QED) is 0.584. The number of rotatable bonds is 5. The van der Waals surface area contributed by atoms with E-state index in [9.17, 15) is 0 Å². The molecule has 0 aromatic heterocycles. The molecule has 0 fully saturated rings. The van der Waals surface area contributed by atoms with Gasteiger partial charge in [-0.1, -0.05) is 31.0 Å². The highest BCUT2D eigenvalue weighted by atomic mass is 32.2. The Hall–Kier alpha value is -0.0800. The number of thioether (sulfide) groups is 1. The van der Waals surface area contributed by atoms with Crippen LogP contribution in [-0.2, 0) is 0 Å². The number of hydrogen-bond donors (Lipinski definition) is 1. The average Bonchev–Trinajstić information content (AvgIpc) is 2.19. The van der Waals surface area contributed by atoms with Crippen molar-refractivity contribution in [3.05, 3.63) is 29.8 Å². The summed E-state index contributed by atoms with van der Waals surface area (Å²) >= 11 is 6.29. The molecular formula is C12H18S2. The maximum atomic E-state index is 4.35. The van der Waals surface area contributed by atoms with Crippen LogP contribution in [0.15, 0.2) is 29.2 Å². The highest BCUT2D eigenvalue weighted by Crippen LogP contribution is 2.23. The van der Waals surface area contributed by atoms with Crippen LogP contribution in [0.5, 0.6) is 0 Å². The van der Waals surface area contributed by atoms with Crippen LogP contribution in [-0.4, -0.2) is 11.5 Å². The fourth-order valence-corrected chi connectivity index (χ4v) is 3.01. The second-order valence-corrected chi connectivity index (χ2v) is 5.04. The van der Waals surface area contributed by atoms with Crippen LogP contribution < -0.4 is 0 Å². The highest BCUT2D eigenvalue weighted by Gasteiger charge is 2.04. The molecule has 0 amide bonds. The van der Waals surface area contributed by atoms with Gasteiger partial charge in [0.2, 0.25) is 0 Å². The lowest BCUT2D eigenvalue weighted by Crippen LogP contribution is -2.03. The molecule has 78 valence electrons. The standard InChI is InChI=1S/C12H18S2/c1-3-11(8-13)9-14-12-6-4-5-10(2)7-12/h4-7,11,13H,3,8-9H2,1-2H3. The summed E-state index contributed by atoms with van der Waals surface area (Å²) < 4.78 is 0. The Bertz CT molecular complexity index is 267. The van der Waals surface area contributed by atoms with Gasteiger partial charge in [0.15, 0.2) is 0 Å². The smallest absolute Gasteiger partial charge is 0.00746 e. The van der Waals surface area contributed by atoms with Crippen LogP contribution in [0.1, 0.15) is 18.9 Å². The number of aryl methyl sites for hydroxylation is 1. The zero-order valence-corrected chi connectivity index (χ0v) is 10.6. The summed E-state index contributed by atoms with van der Waals surface area (Å²) in [4.78, 5) is 1.38. The lowest BCUT2D eigenvalue weighted by Gasteiger charge is -2.10. The van der Waals surface area contributed by atoms with E-state index in [2.05, 4.69) is 50.7 Å². The van der Waals surface area contributed by atoms with Crippen molar-refractivity contribution in [3.63, 3.8) is 0 Å². The Morgan fingerprint density at radius 1 is 1.43 bits per heavy atom. The third-order valence-corrected chi connectivity index (χ3v) is 4.05. The van der Waals surface area contributed by atoms with Gasteiger partial charge < -0.3 is 0 Å². The van der Waals surface area contributed by atoms with Crippen molar-refractivity contribution >= 4 is 24.4 Å². The predicted octanol–water partition coefficient (Wildman–Crippen LogP) is 4.04. The third kappa shape index (κ3) is 3.97. The van der Waals surface area contributed by atoms with Crippen LogP contribution in [0.3, 0.4) is 0 Å². The van der Waals surface area contributed by atoms with Gasteiger partial charge in [0.25, 0.3) is 0 Å². The largest absolute Gasteiger partial charge is 0.179 e. The van der Waals surface area contributed by atoms with E-state index in [-0.39, 0.29) is 0 Å². The lowest BCUT2D eigenvalue weighted by atomic mass is 10.2. The molecule has 0 nitrogen and oxygen atoms in total. The van der Waals surface area contributed by atoms with Crippen molar-refractivity contribution in [1.82, 2.24) is 0 Å². The molecule has 0 radical (unpaired) electrons. The van der Waals surface area contributed by atoms with E-state index in [1.54, 1.807) is 0 Å². The minimum atomic E-state index is 0.740. The number of benzene rings is 1. The minimum Gasteiger partial charge on any atom is -0.179 e. The molecular weight excluding hydrogens is 208 g/mol. The minimum absolute atomic E-state index is 0.740. The summed E-state index contributed by atoms with van der Waals surface area (Å²) in [5.41, 5.74) is 1.34. The zero-order chi connectivity index (χ0) is 10.4. The van der Waals surface area contributed by atoms with Gasteiger partial charge in [-0.2, -0.15) is 12.6 Å². The number of thiol groups is 1. The monoisotopic (exact) mass is 226 g/mol. The van der Waals surface area contributed by atoms with Crippen LogP contribution in [0.25, 0.3) is 0 Å². The first-order valence-corrected chi connectivity index (χ1v) is 6.68. The Kier molecular flexibility index (Phi) is 5.49. The van der Waals surface area contributed by atoms with E-state index in [4.69, 9.17) is 0 Å². The van der Waals surface area contributed by atoms with Crippen molar-refractivity contribution in [3.8, 4) is 0 Å². The molecule has 1 rings (SSSR count). The molecule has 0 aliphatic heterocycles. The Labute approximate surface area is 96.9 Å².